The predicted octanol–water partition coefficient (Wildman–Crippen LogP) is 2.47. The number of anilines is 1. The molecule has 0 saturated carbocycles. The second kappa shape index (κ2) is 4.49. The quantitative estimate of drug-likeness (QED) is 0.746. The SMILES string of the molecule is CC(N)c1ccccc1N1CC=CCC1. The smallest absolute Gasteiger partial charge is 0.0417 e. The summed E-state index contributed by atoms with van der Waals surface area (Å²) < 4.78 is 0. The average Bonchev–Trinajstić information content (AvgIpc) is 2.30. The number of nitrogens with zero attached hydrogens (tertiary/aromatic N) is 1. The van der Waals surface area contributed by atoms with Crippen molar-refractivity contribution in [1.29, 1.82) is 0 Å². The molecule has 2 nitrogen and oxygen atoms in total. The van der Waals surface area contributed by atoms with E-state index >= 15 is 0 Å². The molecule has 0 saturated heterocycles. The van der Waals surface area contributed by atoms with Crippen LogP contribution in [0.3, 0.4) is 0 Å². The van der Waals surface area contributed by atoms with E-state index in [0.717, 1.165) is 19.5 Å². The molecule has 15 heavy (non-hydrogen) atoms. The highest BCUT2D eigenvalue weighted by molar-refractivity contribution is 5.55. The number of rotatable bonds is 2. The van der Waals surface area contributed by atoms with Gasteiger partial charge in [-0.3, -0.25) is 0 Å². The van der Waals surface area contributed by atoms with Crippen molar-refractivity contribution in [3.8, 4) is 0 Å². The van der Waals surface area contributed by atoms with Crippen molar-refractivity contribution in [3.63, 3.8) is 0 Å². The Kier molecular flexibility index (Phi) is 3.07. The first kappa shape index (κ1) is 10.2. The Bertz CT molecular complexity index is 355. The van der Waals surface area contributed by atoms with E-state index in [1.54, 1.807) is 0 Å². The lowest BCUT2D eigenvalue weighted by Crippen LogP contribution is -2.28. The molecule has 0 amide bonds. The van der Waals surface area contributed by atoms with Gasteiger partial charge >= 0.3 is 0 Å². The summed E-state index contributed by atoms with van der Waals surface area (Å²) in [5.74, 6) is 0. The molecule has 2 heteroatoms. The fraction of sp³-hybridized carbons (Fsp3) is 0.385. The highest BCUT2D eigenvalue weighted by Crippen LogP contribution is 2.26. The molecule has 0 spiro atoms. The Morgan fingerprint density at radius 2 is 2.07 bits per heavy atom. The van der Waals surface area contributed by atoms with Gasteiger partial charge in [0, 0.05) is 24.8 Å². The monoisotopic (exact) mass is 202 g/mol. The summed E-state index contributed by atoms with van der Waals surface area (Å²) in [6.45, 7) is 4.14. The fourth-order valence-electron chi connectivity index (χ4n) is 2.02. The second-order valence-electron chi connectivity index (χ2n) is 4.05. The third kappa shape index (κ3) is 2.21. The van der Waals surface area contributed by atoms with Crippen molar-refractivity contribution >= 4 is 5.69 Å². The van der Waals surface area contributed by atoms with Gasteiger partial charge in [0.15, 0.2) is 0 Å². The number of nitrogens with two attached hydrogens (primary N) is 1. The molecule has 1 atom stereocenters. The lowest BCUT2D eigenvalue weighted by molar-refractivity contribution is 0.776. The van der Waals surface area contributed by atoms with Crippen molar-refractivity contribution in [2.75, 3.05) is 18.0 Å². The van der Waals surface area contributed by atoms with Crippen LogP contribution in [0.25, 0.3) is 0 Å². The van der Waals surface area contributed by atoms with E-state index in [9.17, 15) is 0 Å². The van der Waals surface area contributed by atoms with Gasteiger partial charge in [0.1, 0.15) is 0 Å². The van der Waals surface area contributed by atoms with Gasteiger partial charge in [-0.15, -0.1) is 0 Å². The fourth-order valence-corrected chi connectivity index (χ4v) is 2.02. The molecule has 80 valence electrons. The molecule has 0 aliphatic carbocycles. The lowest BCUT2D eigenvalue weighted by Gasteiger charge is -2.28. The van der Waals surface area contributed by atoms with Crippen LogP contribution < -0.4 is 10.6 Å². The molecule has 0 fully saturated rings. The van der Waals surface area contributed by atoms with E-state index < -0.39 is 0 Å². The first-order valence-electron chi connectivity index (χ1n) is 5.53. The molecular formula is C13H18N2. The van der Waals surface area contributed by atoms with Crippen molar-refractivity contribution in [3.05, 3.63) is 42.0 Å². The first-order valence-corrected chi connectivity index (χ1v) is 5.53. The van der Waals surface area contributed by atoms with Crippen LogP contribution in [-0.2, 0) is 0 Å². The number of para-hydroxylation sites is 1. The van der Waals surface area contributed by atoms with Gasteiger partial charge in [-0.1, -0.05) is 30.4 Å². The van der Waals surface area contributed by atoms with Crippen LogP contribution in [0.2, 0.25) is 0 Å². The van der Waals surface area contributed by atoms with Crippen LogP contribution >= 0.6 is 0 Å². The van der Waals surface area contributed by atoms with E-state index in [2.05, 4.69) is 41.3 Å². The van der Waals surface area contributed by atoms with Crippen LogP contribution in [0.5, 0.6) is 0 Å². The molecule has 0 radical (unpaired) electrons. The Balaban J connectivity index is 2.30. The molecule has 1 unspecified atom stereocenters. The predicted molar refractivity (Wildman–Crippen MR) is 65.0 cm³/mol. The molecule has 1 heterocycles. The summed E-state index contributed by atoms with van der Waals surface area (Å²) in [6, 6.07) is 8.53. The first-order chi connectivity index (χ1) is 7.29. The normalized spacial score (nSPS) is 17.9. The maximum atomic E-state index is 5.98. The van der Waals surface area contributed by atoms with E-state index in [1.165, 1.54) is 11.3 Å². The molecule has 1 aromatic carbocycles. The summed E-state index contributed by atoms with van der Waals surface area (Å²) >= 11 is 0. The summed E-state index contributed by atoms with van der Waals surface area (Å²) in [7, 11) is 0. The zero-order chi connectivity index (χ0) is 10.7. The Morgan fingerprint density at radius 3 is 2.73 bits per heavy atom. The van der Waals surface area contributed by atoms with Crippen molar-refractivity contribution in [2.45, 2.75) is 19.4 Å². The van der Waals surface area contributed by atoms with Gasteiger partial charge in [-0.2, -0.15) is 0 Å². The molecule has 1 aliphatic rings. The third-order valence-electron chi connectivity index (χ3n) is 2.83. The van der Waals surface area contributed by atoms with Crippen molar-refractivity contribution in [2.24, 2.45) is 5.73 Å². The van der Waals surface area contributed by atoms with E-state index in [0.29, 0.717) is 0 Å². The highest BCUT2D eigenvalue weighted by atomic mass is 15.1. The van der Waals surface area contributed by atoms with Crippen LogP contribution in [0.1, 0.15) is 24.9 Å². The van der Waals surface area contributed by atoms with Gasteiger partial charge in [0.05, 0.1) is 0 Å². The Hall–Kier alpha value is -1.28. The largest absolute Gasteiger partial charge is 0.367 e. The van der Waals surface area contributed by atoms with Gasteiger partial charge in [-0.05, 0) is 25.0 Å². The van der Waals surface area contributed by atoms with Gasteiger partial charge in [0.25, 0.3) is 0 Å². The average molecular weight is 202 g/mol. The van der Waals surface area contributed by atoms with Crippen LogP contribution in [0.15, 0.2) is 36.4 Å². The zero-order valence-corrected chi connectivity index (χ0v) is 9.19. The van der Waals surface area contributed by atoms with Crippen LogP contribution in [-0.4, -0.2) is 13.1 Å². The van der Waals surface area contributed by atoms with Crippen LogP contribution in [0, 0.1) is 0 Å². The lowest BCUT2D eigenvalue weighted by atomic mass is 10.0. The number of benzene rings is 1. The summed E-state index contributed by atoms with van der Waals surface area (Å²) in [4.78, 5) is 2.39. The summed E-state index contributed by atoms with van der Waals surface area (Å²) in [5, 5.41) is 0. The van der Waals surface area contributed by atoms with E-state index in [-0.39, 0.29) is 6.04 Å². The summed E-state index contributed by atoms with van der Waals surface area (Å²) in [5.41, 5.74) is 8.51. The molecular weight excluding hydrogens is 184 g/mol. The van der Waals surface area contributed by atoms with E-state index in [4.69, 9.17) is 5.73 Å². The third-order valence-corrected chi connectivity index (χ3v) is 2.83. The van der Waals surface area contributed by atoms with Crippen LogP contribution in [0.4, 0.5) is 5.69 Å². The van der Waals surface area contributed by atoms with Crippen molar-refractivity contribution < 1.29 is 0 Å². The summed E-state index contributed by atoms with van der Waals surface area (Å²) in [6.07, 6.45) is 5.60. The van der Waals surface area contributed by atoms with Gasteiger partial charge in [-0.25, -0.2) is 0 Å². The maximum Gasteiger partial charge on any atom is 0.0417 e. The molecule has 0 aromatic heterocycles. The van der Waals surface area contributed by atoms with Gasteiger partial charge < -0.3 is 10.6 Å². The van der Waals surface area contributed by atoms with E-state index in [1.807, 2.05) is 6.92 Å². The van der Waals surface area contributed by atoms with Gasteiger partial charge in [0.2, 0.25) is 0 Å². The highest BCUT2D eigenvalue weighted by Gasteiger charge is 2.12. The number of hydrogen-bond acceptors (Lipinski definition) is 2. The minimum absolute atomic E-state index is 0.104. The molecule has 1 aliphatic heterocycles. The molecule has 2 rings (SSSR count). The minimum Gasteiger partial charge on any atom is -0.367 e. The van der Waals surface area contributed by atoms with Crippen molar-refractivity contribution in [1.82, 2.24) is 0 Å². The Labute approximate surface area is 91.4 Å². The number of hydrogen-bond donors (Lipinski definition) is 1. The standard InChI is InChI=1S/C13H18N2/c1-11(14)12-7-3-4-8-13(12)15-9-5-2-6-10-15/h2-5,7-8,11H,6,9-10,14H2,1H3. The Morgan fingerprint density at radius 1 is 1.27 bits per heavy atom. The molecule has 1 aromatic rings. The minimum atomic E-state index is 0.104. The maximum absolute atomic E-state index is 5.98. The second-order valence-corrected chi connectivity index (χ2v) is 4.05. The molecule has 2 N–H and O–H groups in total. The topological polar surface area (TPSA) is 29.3 Å². The zero-order valence-electron chi connectivity index (χ0n) is 9.19. The molecule has 0 bridgehead atoms.